The second-order valence-corrected chi connectivity index (χ2v) is 6.73. The van der Waals surface area contributed by atoms with Crippen LogP contribution in [0.15, 0.2) is 79.4 Å². The number of nitrogens with zero attached hydrogens (tertiary/aromatic N) is 4. The molecule has 2 aromatic carbocycles. The highest BCUT2D eigenvalue weighted by Gasteiger charge is 2.06. The summed E-state index contributed by atoms with van der Waals surface area (Å²) in [5.74, 6) is 2.18. The van der Waals surface area contributed by atoms with Crippen LogP contribution in [0.4, 0.5) is 5.82 Å². The molecule has 7 heteroatoms. The fourth-order valence-electron chi connectivity index (χ4n) is 3.11. The summed E-state index contributed by atoms with van der Waals surface area (Å²) < 4.78 is 1.88. The van der Waals surface area contributed by atoms with Crippen molar-refractivity contribution in [2.75, 3.05) is 18.4 Å². The van der Waals surface area contributed by atoms with Crippen molar-refractivity contribution in [1.82, 2.24) is 24.8 Å². The fourth-order valence-corrected chi connectivity index (χ4v) is 3.11. The highest BCUT2D eigenvalue weighted by Crippen LogP contribution is 2.19. The predicted octanol–water partition coefficient (Wildman–Crippen LogP) is 3.48. The molecule has 0 aliphatic heterocycles. The maximum Gasteiger partial charge on any atom is 0.251 e. The molecular formula is C23H22N6O. The van der Waals surface area contributed by atoms with Crippen LogP contribution in [-0.4, -0.2) is 38.5 Å². The van der Waals surface area contributed by atoms with Crippen LogP contribution in [0.3, 0.4) is 0 Å². The van der Waals surface area contributed by atoms with Gasteiger partial charge in [0.2, 0.25) is 0 Å². The van der Waals surface area contributed by atoms with E-state index in [2.05, 4.69) is 25.6 Å². The molecule has 7 nitrogen and oxygen atoms in total. The van der Waals surface area contributed by atoms with Crippen LogP contribution in [0.2, 0.25) is 0 Å². The first-order chi connectivity index (χ1) is 14.7. The molecule has 0 bridgehead atoms. The smallest absolute Gasteiger partial charge is 0.251 e. The summed E-state index contributed by atoms with van der Waals surface area (Å²) >= 11 is 0. The molecule has 0 fully saturated rings. The molecule has 0 radical (unpaired) electrons. The van der Waals surface area contributed by atoms with Gasteiger partial charge in [-0.25, -0.2) is 15.0 Å². The van der Waals surface area contributed by atoms with Gasteiger partial charge >= 0.3 is 0 Å². The Bertz CT molecular complexity index is 1120. The molecule has 0 aliphatic carbocycles. The average Bonchev–Trinajstić information content (AvgIpc) is 3.23. The molecule has 4 rings (SSSR count). The summed E-state index contributed by atoms with van der Waals surface area (Å²) in [7, 11) is 0. The maximum atomic E-state index is 12.4. The average molecular weight is 398 g/mol. The third-order valence-electron chi connectivity index (χ3n) is 4.70. The molecule has 2 aromatic heterocycles. The van der Waals surface area contributed by atoms with E-state index >= 15 is 0 Å². The zero-order valence-electron chi connectivity index (χ0n) is 16.6. The van der Waals surface area contributed by atoms with Gasteiger partial charge in [-0.05, 0) is 30.2 Å². The number of hydrogen-bond donors (Lipinski definition) is 2. The number of imidazole rings is 1. The number of nitrogens with one attached hydrogen (secondary N) is 2. The van der Waals surface area contributed by atoms with E-state index in [4.69, 9.17) is 0 Å². The van der Waals surface area contributed by atoms with Gasteiger partial charge in [0.05, 0.1) is 0 Å². The van der Waals surface area contributed by atoms with Gasteiger partial charge in [0, 0.05) is 37.1 Å². The molecule has 30 heavy (non-hydrogen) atoms. The lowest BCUT2D eigenvalue weighted by Gasteiger charge is -2.09. The summed E-state index contributed by atoms with van der Waals surface area (Å²) in [5, 5.41) is 6.12. The second kappa shape index (κ2) is 9.00. The monoisotopic (exact) mass is 398 g/mol. The van der Waals surface area contributed by atoms with Crippen molar-refractivity contribution >= 4 is 11.7 Å². The quantitative estimate of drug-likeness (QED) is 0.466. The van der Waals surface area contributed by atoms with Crippen LogP contribution in [0.25, 0.3) is 16.9 Å². The molecule has 0 spiro atoms. The number of aryl methyl sites for hydroxylation is 1. The fraction of sp³-hybridized carbons (Fsp3) is 0.130. The Labute approximate surface area is 174 Å². The summed E-state index contributed by atoms with van der Waals surface area (Å²) in [6.45, 7) is 2.94. The van der Waals surface area contributed by atoms with Gasteiger partial charge in [-0.3, -0.25) is 9.36 Å². The van der Waals surface area contributed by atoms with Gasteiger partial charge in [-0.1, -0.05) is 42.5 Å². The lowest BCUT2D eigenvalue weighted by molar-refractivity contribution is 0.0955. The standard InChI is InChI=1S/C23H22N6O/c1-17-24-13-14-29(17)22-15-21(27-16-28-22)25-11-12-26-23(30)20-9-7-19(8-10-20)18-5-3-2-4-6-18/h2-10,13-16H,11-12H2,1H3,(H,26,30)(H,25,27,28). The van der Waals surface area contributed by atoms with Crippen LogP contribution in [-0.2, 0) is 0 Å². The third-order valence-corrected chi connectivity index (χ3v) is 4.70. The van der Waals surface area contributed by atoms with E-state index in [1.165, 1.54) is 6.33 Å². The lowest BCUT2D eigenvalue weighted by atomic mass is 10.0. The van der Waals surface area contributed by atoms with Crippen LogP contribution in [0.5, 0.6) is 0 Å². The van der Waals surface area contributed by atoms with Crippen molar-refractivity contribution in [3.8, 4) is 16.9 Å². The molecule has 0 saturated carbocycles. The molecule has 0 saturated heterocycles. The minimum Gasteiger partial charge on any atom is -0.368 e. The van der Waals surface area contributed by atoms with Crippen molar-refractivity contribution < 1.29 is 4.79 Å². The van der Waals surface area contributed by atoms with E-state index < -0.39 is 0 Å². The van der Waals surface area contributed by atoms with Crippen LogP contribution >= 0.6 is 0 Å². The highest BCUT2D eigenvalue weighted by molar-refractivity contribution is 5.94. The predicted molar refractivity (Wildman–Crippen MR) is 117 cm³/mol. The molecule has 0 atom stereocenters. The van der Waals surface area contributed by atoms with Crippen LogP contribution in [0, 0.1) is 6.92 Å². The van der Waals surface area contributed by atoms with Crippen LogP contribution in [0.1, 0.15) is 16.2 Å². The van der Waals surface area contributed by atoms with Crippen molar-refractivity contribution in [2.24, 2.45) is 0 Å². The summed E-state index contributed by atoms with van der Waals surface area (Å²) in [6, 6.07) is 19.5. The zero-order valence-corrected chi connectivity index (χ0v) is 16.6. The number of aromatic nitrogens is 4. The largest absolute Gasteiger partial charge is 0.368 e. The Morgan fingerprint density at radius 2 is 1.70 bits per heavy atom. The minimum absolute atomic E-state index is 0.103. The van der Waals surface area contributed by atoms with E-state index in [0.29, 0.717) is 24.5 Å². The number of carbonyl (C=O) groups excluding carboxylic acids is 1. The van der Waals surface area contributed by atoms with Crippen molar-refractivity contribution in [3.05, 3.63) is 90.8 Å². The molecule has 0 unspecified atom stereocenters. The van der Waals surface area contributed by atoms with Gasteiger partial charge in [0.15, 0.2) is 0 Å². The number of amides is 1. The normalized spacial score (nSPS) is 10.6. The minimum atomic E-state index is -0.103. The summed E-state index contributed by atoms with van der Waals surface area (Å²) in [6.07, 6.45) is 5.08. The summed E-state index contributed by atoms with van der Waals surface area (Å²) in [4.78, 5) is 25.1. The topological polar surface area (TPSA) is 84.7 Å². The summed E-state index contributed by atoms with van der Waals surface area (Å²) in [5.41, 5.74) is 2.85. The van der Waals surface area contributed by atoms with Gasteiger partial charge in [-0.15, -0.1) is 0 Å². The third kappa shape index (κ3) is 4.52. The second-order valence-electron chi connectivity index (χ2n) is 6.73. The number of hydrogen-bond acceptors (Lipinski definition) is 5. The van der Waals surface area contributed by atoms with E-state index in [0.717, 1.165) is 22.8 Å². The van der Waals surface area contributed by atoms with Crippen LogP contribution < -0.4 is 10.6 Å². The lowest BCUT2D eigenvalue weighted by Crippen LogP contribution is -2.28. The Balaban J connectivity index is 1.29. The Morgan fingerprint density at radius 3 is 2.43 bits per heavy atom. The van der Waals surface area contributed by atoms with E-state index in [9.17, 15) is 4.79 Å². The molecule has 2 N–H and O–H groups in total. The number of anilines is 1. The van der Waals surface area contributed by atoms with Crippen molar-refractivity contribution in [3.63, 3.8) is 0 Å². The highest BCUT2D eigenvalue weighted by atomic mass is 16.1. The first-order valence-corrected chi connectivity index (χ1v) is 9.70. The SMILES string of the molecule is Cc1nccn1-c1cc(NCCNC(=O)c2ccc(-c3ccccc3)cc2)ncn1. The van der Waals surface area contributed by atoms with Gasteiger partial charge in [0.1, 0.15) is 23.8 Å². The van der Waals surface area contributed by atoms with E-state index in [-0.39, 0.29) is 5.91 Å². The number of rotatable bonds is 7. The maximum absolute atomic E-state index is 12.4. The van der Waals surface area contributed by atoms with Crippen molar-refractivity contribution in [2.45, 2.75) is 6.92 Å². The molecule has 2 heterocycles. The van der Waals surface area contributed by atoms with Gasteiger partial charge in [0.25, 0.3) is 5.91 Å². The van der Waals surface area contributed by atoms with Crippen molar-refractivity contribution in [1.29, 1.82) is 0 Å². The molecule has 4 aromatic rings. The molecule has 0 aliphatic rings. The zero-order chi connectivity index (χ0) is 20.8. The Morgan fingerprint density at radius 1 is 0.933 bits per heavy atom. The first-order valence-electron chi connectivity index (χ1n) is 9.70. The Kier molecular flexibility index (Phi) is 5.80. The number of carbonyl (C=O) groups is 1. The molecular weight excluding hydrogens is 376 g/mol. The number of benzene rings is 2. The van der Waals surface area contributed by atoms with E-state index in [1.807, 2.05) is 78.4 Å². The Hall–Kier alpha value is -4.00. The van der Waals surface area contributed by atoms with Gasteiger partial charge in [-0.2, -0.15) is 0 Å². The molecule has 150 valence electrons. The molecule has 1 amide bonds. The first kappa shape index (κ1) is 19.3. The van der Waals surface area contributed by atoms with Gasteiger partial charge < -0.3 is 10.6 Å². The van der Waals surface area contributed by atoms with E-state index in [1.54, 1.807) is 6.20 Å².